The first-order valence-corrected chi connectivity index (χ1v) is 4.24. The van der Waals surface area contributed by atoms with Crippen LogP contribution in [0.3, 0.4) is 0 Å². The molecule has 0 fully saturated rings. The van der Waals surface area contributed by atoms with Gasteiger partial charge in [0.15, 0.2) is 0 Å². The number of nitrogens with one attached hydrogen (secondary N) is 2. The number of nitrogens with two attached hydrogens (primary N) is 1. The maximum Gasteiger partial charge on any atom is 0.240 e. The highest BCUT2D eigenvalue weighted by Crippen LogP contribution is 1.99. The molecule has 14 heavy (non-hydrogen) atoms. The first-order chi connectivity index (χ1) is 6.49. The van der Waals surface area contributed by atoms with Crippen molar-refractivity contribution >= 4 is 18.2 Å². The molecule has 1 unspecified atom stereocenters. The second-order valence-corrected chi connectivity index (χ2v) is 3.19. The van der Waals surface area contributed by atoms with Crippen molar-refractivity contribution in [1.82, 2.24) is 10.6 Å². The Kier molecular flexibility index (Phi) is 5.28. The average Bonchev–Trinajstić information content (AvgIpc) is 2.09. The zero-order chi connectivity index (χ0) is 11.1. The summed E-state index contributed by atoms with van der Waals surface area (Å²) in [6, 6.07) is -0.698. The molecule has 1 atom stereocenters. The maximum absolute atomic E-state index is 11.1. The van der Waals surface area contributed by atoms with Gasteiger partial charge in [0, 0.05) is 0 Å². The Morgan fingerprint density at radius 3 is 2.36 bits per heavy atom. The lowest BCUT2D eigenvalue weighted by atomic mass is 10.0. The van der Waals surface area contributed by atoms with Gasteiger partial charge in [-0.15, -0.1) is 0 Å². The molecule has 0 bridgehead atoms. The predicted octanol–water partition coefficient (Wildman–Crippen LogP) is -1.64. The van der Waals surface area contributed by atoms with Gasteiger partial charge in [0.25, 0.3) is 0 Å². The molecule has 0 heterocycles. The molecule has 0 aliphatic heterocycles. The van der Waals surface area contributed by atoms with Crippen LogP contribution in [-0.4, -0.2) is 30.8 Å². The fraction of sp³-hybridized carbons (Fsp3) is 0.625. The summed E-state index contributed by atoms with van der Waals surface area (Å²) in [6.07, 6.45) is 0.411. The molecule has 4 N–H and O–H groups in total. The summed E-state index contributed by atoms with van der Waals surface area (Å²) < 4.78 is 0. The van der Waals surface area contributed by atoms with Crippen LogP contribution in [0.4, 0.5) is 0 Å². The van der Waals surface area contributed by atoms with Crippen LogP contribution in [0.25, 0.3) is 0 Å². The van der Waals surface area contributed by atoms with E-state index in [0.29, 0.717) is 6.41 Å². The van der Waals surface area contributed by atoms with Gasteiger partial charge in [-0.05, 0) is 5.92 Å². The molecule has 0 aromatic rings. The van der Waals surface area contributed by atoms with Crippen molar-refractivity contribution in [2.75, 3.05) is 6.54 Å². The van der Waals surface area contributed by atoms with E-state index in [2.05, 4.69) is 10.6 Å². The normalized spacial score (nSPS) is 11.9. The van der Waals surface area contributed by atoms with Gasteiger partial charge in [-0.25, -0.2) is 0 Å². The van der Waals surface area contributed by atoms with Crippen LogP contribution in [-0.2, 0) is 14.4 Å². The molecule has 0 radical (unpaired) electrons. The van der Waals surface area contributed by atoms with Gasteiger partial charge in [0.1, 0.15) is 6.04 Å². The van der Waals surface area contributed by atoms with Crippen molar-refractivity contribution in [2.45, 2.75) is 19.9 Å². The summed E-state index contributed by atoms with van der Waals surface area (Å²) in [4.78, 5) is 31.8. The molecule has 3 amide bonds. The zero-order valence-electron chi connectivity index (χ0n) is 8.24. The van der Waals surface area contributed by atoms with Gasteiger partial charge in [0.05, 0.1) is 6.54 Å². The van der Waals surface area contributed by atoms with Crippen LogP contribution in [0.1, 0.15) is 13.8 Å². The van der Waals surface area contributed by atoms with E-state index in [1.165, 1.54) is 0 Å². The van der Waals surface area contributed by atoms with Crippen LogP contribution >= 0.6 is 0 Å². The molecule has 80 valence electrons. The summed E-state index contributed by atoms with van der Waals surface area (Å²) in [5.74, 6) is -1.10. The van der Waals surface area contributed by atoms with Crippen molar-refractivity contribution in [3.05, 3.63) is 0 Å². The van der Waals surface area contributed by atoms with E-state index in [1.54, 1.807) is 13.8 Å². The standard InChI is InChI=1S/C8H15N3O3/c1-5(2)7(8(9)14)11-6(13)3-10-4-12/h4-5,7H,3H2,1-2H3,(H2,9,14)(H,10,12)(H,11,13). The molecule has 6 nitrogen and oxygen atoms in total. The molecular formula is C8H15N3O3. The second-order valence-electron chi connectivity index (χ2n) is 3.19. The van der Waals surface area contributed by atoms with Gasteiger partial charge < -0.3 is 16.4 Å². The van der Waals surface area contributed by atoms with Crippen LogP contribution < -0.4 is 16.4 Å². The average molecular weight is 201 g/mol. The topological polar surface area (TPSA) is 101 Å². The summed E-state index contributed by atoms with van der Waals surface area (Å²) in [7, 11) is 0. The highest BCUT2D eigenvalue weighted by molar-refractivity contribution is 5.88. The fourth-order valence-electron chi connectivity index (χ4n) is 0.925. The number of carbonyl (C=O) groups is 3. The van der Waals surface area contributed by atoms with Gasteiger partial charge in [-0.1, -0.05) is 13.8 Å². The lowest BCUT2D eigenvalue weighted by molar-refractivity contribution is -0.128. The molecular weight excluding hydrogens is 186 g/mol. The molecule has 0 aliphatic rings. The Bertz CT molecular complexity index is 228. The van der Waals surface area contributed by atoms with E-state index >= 15 is 0 Å². The van der Waals surface area contributed by atoms with E-state index in [1.807, 2.05) is 0 Å². The van der Waals surface area contributed by atoms with E-state index in [-0.39, 0.29) is 12.5 Å². The minimum absolute atomic E-state index is 0.0762. The summed E-state index contributed by atoms with van der Waals surface area (Å²) in [5.41, 5.74) is 5.07. The molecule has 0 rings (SSSR count). The maximum atomic E-state index is 11.1. The SMILES string of the molecule is CC(C)C(NC(=O)CNC=O)C(N)=O. The number of hydrogen-bond donors (Lipinski definition) is 3. The van der Waals surface area contributed by atoms with Gasteiger partial charge in [0.2, 0.25) is 18.2 Å². The largest absolute Gasteiger partial charge is 0.368 e. The highest BCUT2D eigenvalue weighted by Gasteiger charge is 2.20. The summed E-state index contributed by atoms with van der Waals surface area (Å²) in [6.45, 7) is 3.38. The lowest BCUT2D eigenvalue weighted by Crippen LogP contribution is -2.49. The minimum Gasteiger partial charge on any atom is -0.368 e. The molecule has 0 aromatic carbocycles. The predicted molar refractivity (Wildman–Crippen MR) is 50.0 cm³/mol. The minimum atomic E-state index is -0.698. The number of carbonyl (C=O) groups excluding carboxylic acids is 3. The lowest BCUT2D eigenvalue weighted by Gasteiger charge is -2.18. The Labute approximate surface area is 82.2 Å². The summed E-state index contributed by atoms with van der Waals surface area (Å²) in [5, 5.41) is 4.60. The second kappa shape index (κ2) is 5.95. The van der Waals surface area contributed by atoms with Gasteiger partial charge in [-0.3, -0.25) is 14.4 Å². The van der Waals surface area contributed by atoms with Crippen molar-refractivity contribution in [2.24, 2.45) is 11.7 Å². The molecule has 0 saturated heterocycles. The third-order valence-electron chi connectivity index (χ3n) is 1.64. The Morgan fingerprint density at radius 1 is 1.43 bits per heavy atom. The van der Waals surface area contributed by atoms with Crippen LogP contribution in [0.15, 0.2) is 0 Å². The Balaban J connectivity index is 4.09. The number of primary amides is 1. The van der Waals surface area contributed by atoms with Crippen molar-refractivity contribution in [1.29, 1.82) is 0 Å². The van der Waals surface area contributed by atoms with E-state index in [0.717, 1.165) is 0 Å². The smallest absolute Gasteiger partial charge is 0.240 e. The number of amides is 3. The van der Waals surface area contributed by atoms with Crippen molar-refractivity contribution in [3.63, 3.8) is 0 Å². The first-order valence-electron chi connectivity index (χ1n) is 4.24. The van der Waals surface area contributed by atoms with Gasteiger partial charge >= 0.3 is 0 Å². The fourth-order valence-corrected chi connectivity index (χ4v) is 0.925. The monoisotopic (exact) mass is 201 g/mol. The number of hydrogen-bond acceptors (Lipinski definition) is 3. The first kappa shape index (κ1) is 12.4. The van der Waals surface area contributed by atoms with Crippen LogP contribution in [0.2, 0.25) is 0 Å². The van der Waals surface area contributed by atoms with Crippen molar-refractivity contribution < 1.29 is 14.4 Å². The van der Waals surface area contributed by atoms with E-state index in [4.69, 9.17) is 5.73 Å². The Morgan fingerprint density at radius 2 is 2.00 bits per heavy atom. The quantitative estimate of drug-likeness (QED) is 0.449. The molecule has 6 heteroatoms. The Hall–Kier alpha value is -1.59. The number of rotatable bonds is 6. The zero-order valence-corrected chi connectivity index (χ0v) is 8.24. The van der Waals surface area contributed by atoms with Gasteiger partial charge in [-0.2, -0.15) is 0 Å². The molecule has 0 spiro atoms. The summed E-state index contributed by atoms with van der Waals surface area (Å²) >= 11 is 0. The van der Waals surface area contributed by atoms with Crippen LogP contribution in [0.5, 0.6) is 0 Å². The molecule has 0 aromatic heterocycles. The highest BCUT2D eigenvalue weighted by atomic mass is 16.2. The molecule has 0 aliphatic carbocycles. The van der Waals surface area contributed by atoms with E-state index < -0.39 is 17.9 Å². The van der Waals surface area contributed by atoms with E-state index in [9.17, 15) is 14.4 Å². The third-order valence-corrected chi connectivity index (χ3v) is 1.64. The third kappa shape index (κ3) is 4.44. The van der Waals surface area contributed by atoms with Crippen molar-refractivity contribution in [3.8, 4) is 0 Å². The van der Waals surface area contributed by atoms with Crippen LogP contribution in [0, 0.1) is 5.92 Å². The molecule has 0 saturated carbocycles.